The molecular formula is C16H28N2O. The number of amides is 1. The summed E-state index contributed by atoms with van der Waals surface area (Å²) in [6, 6.07) is 0.807. The van der Waals surface area contributed by atoms with Gasteiger partial charge in [0.25, 0.3) is 0 Å². The Bertz CT molecular complexity index is 344. The van der Waals surface area contributed by atoms with E-state index in [9.17, 15) is 4.79 Å². The van der Waals surface area contributed by atoms with Crippen LogP contribution in [0.3, 0.4) is 0 Å². The van der Waals surface area contributed by atoms with Crippen molar-refractivity contribution in [1.82, 2.24) is 4.90 Å². The Morgan fingerprint density at radius 3 is 2.74 bits per heavy atom. The molecule has 3 rings (SSSR count). The van der Waals surface area contributed by atoms with Gasteiger partial charge in [0, 0.05) is 24.5 Å². The maximum atomic E-state index is 12.9. The Morgan fingerprint density at radius 2 is 1.89 bits per heavy atom. The lowest BCUT2D eigenvalue weighted by molar-refractivity contribution is -0.140. The van der Waals surface area contributed by atoms with Crippen LogP contribution in [0.2, 0.25) is 0 Å². The first kappa shape index (κ1) is 13.4. The monoisotopic (exact) mass is 264 g/mol. The lowest BCUT2D eigenvalue weighted by atomic mass is 9.77. The summed E-state index contributed by atoms with van der Waals surface area (Å²) >= 11 is 0. The number of likely N-dealkylation sites (tertiary alicyclic amines) is 1. The van der Waals surface area contributed by atoms with E-state index in [0.717, 1.165) is 31.7 Å². The van der Waals surface area contributed by atoms with Crippen molar-refractivity contribution in [2.24, 2.45) is 23.5 Å². The normalized spacial score (nSPS) is 43.1. The Morgan fingerprint density at radius 1 is 1.11 bits per heavy atom. The third kappa shape index (κ3) is 2.54. The van der Waals surface area contributed by atoms with Gasteiger partial charge in [-0.15, -0.1) is 0 Å². The number of hydrogen-bond donors (Lipinski definition) is 1. The van der Waals surface area contributed by atoms with E-state index in [4.69, 9.17) is 5.73 Å². The summed E-state index contributed by atoms with van der Waals surface area (Å²) in [7, 11) is 0. The highest BCUT2D eigenvalue weighted by Crippen LogP contribution is 2.39. The van der Waals surface area contributed by atoms with E-state index < -0.39 is 0 Å². The third-order valence-electron chi connectivity index (χ3n) is 5.85. The topological polar surface area (TPSA) is 46.3 Å². The highest BCUT2D eigenvalue weighted by Gasteiger charge is 2.42. The van der Waals surface area contributed by atoms with Crippen molar-refractivity contribution >= 4 is 5.91 Å². The SMILES string of the molecule is CC1CCC(N)CC1C(=O)N1CCC2CCCCC21. The van der Waals surface area contributed by atoms with Crippen LogP contribution < -0.4 is 5.73 Å². The molecule has 2 N–H and O–H groups in total. The molecule has 2 aliphatic carbocycles. The van der Waals surface area contributed by atoms with Gasteiger partial charge in [-0.1, -0.05) is 19.8 Å². The maximum Gasteiger partial charge on any atom is 0.226 e. The van der Waals surface area contributed by atoms with Crippen LogP contribution in [-0.2, 0) is 4.79 Å². The average Bonchev–Trinajstić information content (AvgIpc) is 2.84. The number of carbonyl (C=O) groups is 1. The number of hydrogen-bond acceptors (Lipinski definition) is 2. The van der Waals surface area contributed by atoms with E-state index in [-0.39, 0.29) is 12.0 Å². The molecule has 1 heterocycles. The van der Waals surface area contributed by atoms with Crippen molar-refractivity contribution < 1.29 is 4.79 Å². The van der Waals surface area contributed by atoms with Crippen LogP contribution in [0.4, 0.5) is 0 Å². The molecule has 5 atom stereocenters. The molecule has 3 fully saturated rings. The maximum absolute atomic E-state index is 12.9. The van der Waals surface area contributed by atoms with Crippen molar-refractivity contribution in [1.29, 1.82) is 0 Å². The summed E-state index contributed by atoms with van der Waals surface area (Å²) in [5, 5.41) is 0. The molecule has 3 heteroatoms. The molecule has 0 radical (unpaired) electrons. The second-order valence-electron chi connectivity index (χ2n) is 7.09. The van der Waals surface area contributed by atoms with Gasteiger partial charge in [-0.2, -0.15) is 0 Å². The Balaban J connectivity index is 1.69. The molecule has 0 bridgehead atoms. The van der Waals surface area contributed by atoms with Gasteiger partial charge < -0.3 is 10.6 Å². The fraction of sp³-hybridized carbons (Fsp3) is 0.938. The second kappa shape index (κ2) is 5.43. The number of fused-ring (bicyclic) bond motifs is 1. The molecule has 19 heavy (non-hydrogen) atoms. The average molecular weight is 264 g/mol. The van der Waals surface area contributed by atoms with Crippen molar-refractivity contribution in [3.8, 4) is 0 Å². The Kier molecular flexibility index (Phi) is 3.84. The lowest BCUT2D eigenvalue weighted by Gasteiger charge is -2.38. The van der Waals surface area contributed by atoms with Crippen molar-refractivity contribution in [3.63, 3.8) is 0 Å². The predicted octanol–water partition coefficient (Wildman–Crippen LogP) is 2.54. The lowest BCUT2D eigenvalue weighted by Crippen LogP contribution is -2.47. The van der Waals surface area contributed by atoms with E-state index in [2.05, 4.69) is 11.8 Å². The molecule has 3 aliphatic rings. The van der Waals surface area contributed by atoms with E-state index in [1.54, 1.807) is 0 Å². The van der Waals surface area contributed by atoms with Gasteiger partial charge in [0.15, 0.2) is 0 Å². The predicted molar refractivity (Wildman–Crippen MR) is 76.6 cm³/mol. The van der Waals surface area contributed by atoms with Crippen LogP contribution in [0.15, 0.2) is 0 Å². The van der Waals surface area contributed by atoms with E-state index in [1.807, 2.05) is 0 Å². The number of rotatable bonds is 1. The highest BCUT2D eigenvalue weighted by atomic mass is 16.2. The zero-order chi connectivity index (χ0) is 13.4. The van der Waals surface area contributed by atoms with Gasteiger partial charge in [-0.05, 0) is 50.4 Å². The van der Waals surface area contributed by atoms with E-state index >= 15 is 0 Å². The zero-order valence-electron chi connectivity index (χ0n) is 12.2. The van der Waals surface area contributed by atoms with Gasteiger partial charge >= 0.3 is 0 Å². The standard InChI is InChI=1S/C16H28N2O/c1-11-6-7-13(17)10-14(11)16(19)18-9-8-12-4-2-3-5-15(12)18/h11-15H,2-10,17H2,1H3. The fourth-order valence-electron chi connectivity index (χ4n) is 4.59. The molecule has 0 aromatic rings. The fourth-order valence-corrected chi connectivity index (χ4v) is 4.59. The first-order valence-corrected chi connectivity index (χ1v) is 8.23. The summed E-state index contributed by atoms with van der Waals surface area (Å²) in [6.07, 6.45) is 9.63. The highest BCUT2D eigenvalue weighted by molar-refractivity contribution is 5.80. The van der Waals surface area contributed by atoms with Crippen LogP contribution in [-0.4, -0.2) is 29.4 Å². The largest absolute Gasteiger partial charge is 0.339 e. The minimum absolute atomic E-state index is 0.199. The molecule has 3 nitrogen and oxygen atoms in total. The van der Waals surface area contributed by atoms with Gasteiger partial charge in [-0.25, -0.2) is 0 Å². The number of nitrogens with two attached hydrogens (primary N) is 1. The van der Waals surface area contributed by atoms with Gasteiger partial charge in [-0.3, -0.25) is 4.79 Å². The molecule has 1 aliphatic heterocycles. The van der Waals surface area contributed by atoms with E-state index in [1.165, 1.54) is 32.1 Å². The Labute approximate surface area is 116 Å². The minimum Gasteiger partial charge on any atom is -0.339 e. The first-order valence-electron chi connectivity index (χ1n) is 8.23. The molecular weight excluding hydrogens is 236 g/mol. The summed E-state index contributed by atoms with van der Waals surface area (Å²) in [5.74, 6) is 1.95. The van der Waals surface area contributed by atoms with Crippen LogP contribution in [0.5, 0.6) is 0 Å². The minimum atomic E-state index is 0.199. The number of carbonyl (C=O) groups excluding carboxylic acids is 1. The van der Waals surface area contributed by atoms with Crippen LogP contribution >= 0.6 is 0 Å². The molecule has 2 saturated carbocycles. The molecule has 1 saturated heterocycles. The quantitative estimate of drug-likeness (QED) is 0.791. The second-order valence-corrected chi connectivity index (χ2v) is 7.09. The molecule has 0 aromatic heterocycles. The van der Waals surface area contributed by atoms with Gasteiger partial charge in [0.05, 0.1) is 0 Å². The van der Waals surface area contributed by atoms with Gasteiger partial charge in [0.2, 0.25) is 5.91 Å². The zero-order valence-corrected chi connectivity index (χ0v) is 12.2. The summed E-state index contributed by atoms with van der Waals surface area (Å²) in [4.78, 5) is 15.1. The molecule has 5 unspecified atom stereocenters. The first-order chi connectivity index (χ1) is 9.16. The summed E-state index contributed by atoms with van der Waals surface area (Å²) < 4.78 is 0. The third-order valence-corrected chi connectivity index (χ3v) is 5.85. The Hall–Kier alpha value is -0.570. The molecule has 108 valence electrons. The smallest absolute Gasteiger partial charge is 0.226 e. The van der Waals surface area contributed by atoms with Crippen LogP contribution in [0, 0.1) is 17.8 Å². The summed E-state index contributed by atoms with van der Waals surface area (Å²) in [5.41, 5.74) is 6.08. The van der Waals surface area contributed by atoms with Crippen molar-refractivity contribution in [2.45, 2.75) is 70.4 Å². The van der Waals surface area contributed by atoms with Crippen LogP contribution in [0.25, 0.3) is 0 Å². The van der Waals surface area contributed by atoms with E-state index in [0.29, 0.717) is 17.9 Å². The summed E-state index contributed by atoms with van der Waals surface area (Å²) in [6.45, 7) is 3.25. The van der Waals surface area contributed by atoms with Crippen molar-refractivity contribution in [3.05, 3.63) is 0 Å². The molecule has 0 spiro atoms. The van der Waals surface area contributed by atoms with Crippen LogP contribution in [0.1, 0.15) is 58.3 Å². The van der Waals surface area contributed by atoms with Gasteiger partial charge in [0.1, 0.15) is 0 Å². The molecule has 0 aromatic carbocycles. The van der Waals surface area contributed by atoms with Crippen molar-refractivity contribution in [2.75, 3.05) is 6.54 Å². The number of nitrogens with zero attached hydrogens (tertiary/aromatic N) is 1. The molecule has 1 amide bonds.